The van der Waals surface area contributed by atoms with Crippen LogP contribution in [-0.4, -0.2) is 18.4 Å². The Morgan fingerprint density at radius 3 is 2.50 bits per heavy atom. The monoisotopic (exact) mass is 120 g/mol. The Bertz CT molecular complexity index is 123. The Morgan fingerprint density at radius 1 is 1.75 bits per heavy atom. The van der Waals surface area contributed by atoms with Crippen molar-refractivity contribution in [3.8, 4) is 0 Å². The molecule has 0 spiro atoms. The van der Waals surface area contributed by atoms with Gasteiger partial charge in [-0.25, -0.2) is 9.38 Å². The summed E-state index contributed by atoms with van der Waals surface area (Å²) in [5.41, 5.74) is 0. The molecule has 0 aromatic rings. The molecular weight excluding hydrogens is 114 g/mol. The van der Waals surface area contributed by atoms with Crippen molar-refractivity contribution in [2.45, 2.75) is 19.3 Å². The van der Waals surface area contributed by atoms with E-state index in [0.29, 0.717) is 0 Å². The molecule has 1 heterocycles. The van der Waals surface area contributed by atoms with Crippen LogP contribution >= 0.6 is 0 Å². The number of halogens is 2. The number of alkyl halides is 1. The van der Waals surface area contributed by atoms with E-state index in [9.17, 15) is 8.78 Å². The Balaban J connectivity index is 2.56. The van der Waals surface area contributed by atoms with Gasteiger partial charge in [0.15, 0.2) is 0 Å². The van der Waals surface area contributed by atoms with E-state index in [1.807, 2.05) is 0 Å². The van der Waals surface area contributed by atoms with E-state index in [0.717, 1.165) is 0 Å². The molecule has 0 fully saturated rings. The lowest BCUT2D eigenvalue weighted by Crippen LogP contribution is -2.27. The summed E-state index contributed by atoms with van der Waals surface area (Å²) in [6.45, 7) is 1.53. The fourth-order valence-electron chi connectivity index (χ4n) is 0.514. The van der Waals surface area contributed by atoms with Gasteiger partial charge < -0.3 is 5.32 Å². The van der Waals surface area contributed by atoms with Crippen molar-refractivity contribution in [3.63, 3.8) is 0 Å². The van der Waals surface area contributed by atoms with Gasteiger partial charge in [0.1, 0.15) is 0 Å². The van der Waals surface area contributed by atoms with Crippen LogP contribution in [-0.2, 0) is 0 Å². The van der Waals surface area contributed by atoms with Crippen molar-refractivity contribution >= 4 is 6.09 Å². The molecule has 1 N–H and O–H groups in total. The van der Waals surface area contributed by atoms with E-state index in [4.69, 9.17) is 0 Å². The summed E-state index contributed by atoms with van der Waals surface area (Å²) < 4.78 is 23.9. The predicted molar refractivity (Wildman–Crippen MR) is 26.0 cm³/mol. The molecule has 2 nitrogen and oxygen atoms in total. The summed E-state index contributed by atoms with van der Waals surface area (Å²) in [4.78, 5) is 2.94. The van der Waals surface area contributed by atoms with E-state index >= 15 is 0 Å². The van der Waals surface area contributed by atoms with Gasteiger partial charge in [-0.05, 0) is 6.92 Å². The van der Waals surface area contributed by atoms with E-state index in [1.54, 1.807) is 0 Å². The van der Waals surface area contributed by atoms with Crippen molar-refractivity contribution in [1.29, 1.82) is 0 Å². The van der Waals surface area contributed by atoms with Crippen LogP contribution in [0.2, 0.25) is 0 Å². The van der Waals surface area contributed by atoms with Crippen LogP contribution < -0.4 is 5.32 Å². The number of rotatable bonds is 0. The molecule has 1 aliphatic heterocycles. The molecule has 4 heteroatoms. The molecule has 1 rings (SSSR count). The standard InChI is InChI=1S/C4H6F2N2/c1-2-3(5)8-4(6)7-2/h2-3H,1H3,(H,7,8). The molecule has 46 valence electrons. The van der Waals surface area contributed by atoms with Crippen LogP contribution in [0.4, 0.5) is 8.78 Å². The molecule has 0 aliphatic carbocycles. The Morgan fingerprint density at radius 2 is 2.38 bits per heavy atom. The number of aliphatic imine (C=N–C) groups is 1. The fourth-order valence-corrected chi connectivity index (χ4v) is 0.514. The van der Waals surface area contributed by atoms with Crippen molar-refractivity contribution in [3.05, 3.63) is 0 Å². The van der Waals surface area contributed by atoms with Gasteiger partial charge in [-0.1, -0.05) is 0 Å². The molecule has 0 saturated carbocycles. The van der Waals surface area contributed by atoms with Gasteiger partial charge in [0.25, 0.3) is 6.09 Å². The smallest absolute Gasteiger partial charge is 0.281 e. The van der Waals surface area contributed by atoms with E-state index < -0.39 is 18.4 Å². The summed E-state index contributed by atoms with van der Waals surface area (Å²) in [5, 5.41) is 2.17. The first-order valence-corrected chi connectivity index (χ1v) is 2.34. The van der Waals surface area contributed by atoms with Crippen LogP contribution in [0.1, 0.15) is 6.92 Å². The Hall–Kier alpha value is -0.670. The molecule has 0 saturated heterocycles. The topological polar surface area (TPSA) is 24.4 Å². The predicted octanol–water partition coefficient (Wildman–Crippen LogP) is 0.599. The summed E-state index contributed by atoms with van der Waals surface area (Å²) in [6.07, 6.45) is -2.21. The maximum Gasteiger partial charge on any atom is 0.281 e. The highest BCUT2D eigenvalue weighted by Crippen LogP contribution is 2.07. The molecule has 1 aliphatic rings. The van der Waals surface area contributed by atoms with Crippen LogP contribution in [0, 0.1) is 0 Å². The van der Waals surface area contributed by atoms with Crippen LogP contribution in [0.5, 0.6) is 0 Å². The van der Waals surface area contributed by atoms with Crippen LogP contribution in [0.25, 0.3) is 0 Å². The number of nitrogens with zero attached hydrogens (tertiary/aromatic N) is 1. The van der Waals surface area contributed by atoms with Gasteiger partial charge in [0.2, 0.25) is 6.30 Å². The summed E-state index contributed by atoms with van der Waals surface area (Å²) in [6, 6.07) is -0.505. The molecular formula is C4H6F2N2. The van der Waals surface area contributed by atoms with E-state index in [1.165, 1.54) is 6.92 Å². The lowest BCUT2D eigenvalue weighted by Gasteiger charge is -2.01. The van der Waals surface area contributed by atoms with Gasteiger partial charge in [-0.2, -0.15) is 4.39 Å². The summed E-state index contributed by atoms with van der Waals surface area (Å²) >= 11 is 0. The third-order valence-corrected chi connectivity index (χ3v) is 0.996. The second-order valence-corrected chi connectivity index (χ2v) is 1.73. The molecule has 0 amide bonds. The second-order valence-electron chi connectivity index (χ2n) is 1.73. The highest BCUT2D eigenvalue weighted by molar-refractivity contribution is 5.74. The van der Waals surface area contributed by atoms with Gasteiger partial charge >= 0.3 is 0 Å². The largest absolute Gasteiger partial charge is 0.339 e. The first kappa shape index (κ1) is 5.47. The van der Waals surface area contributed by atoms with E-state index in [-0.39, 0.29) is 0 Å². The average Bonchev–Trinajstić information content (AvgIpc) is 1.85. The van der Waals surface area contributed by atoms with Crippen molar-refractivity contribution in [2.75, 3.05) is 0 Å². The molecule has 0 bridgehead atoms. The number of nitrogens with one attached hydrogen (secondary N) is 1. The lowest BCUT2D eigenvalue weighted by atomic mass is 10.3. The van der Waals surface area contributed by atoms with Gasteiger partial charge in [-0.15, -0.1) is 0 Å². The first-order valence-electron chi connectivity index (χ1n) is 2.34. The lowest BCUT2D eigenvalue weighted by molar-refractivity contribution is 0.309. The minimum absolute atomic E-state index is 0.505. The fraction of sp³-hybridized carbons (Fsp3) is 0.750. The molecule has 2 atom stereocenters. The zero-order valence-electron chi connectivity index (χ0n) is 4.36. The Kier molecular flexibility index (Phi) is 1.15. The molecule has 0 aromatic heterocycles. The summed E-state index contributed by atoms with van der Waals surface area (Å²) in [5.74, 6) is 0. The maximum atomic E-state index is 12.1. The van der Waals surface area contributed by atoms with Gasteiger partial charge in [-0.3, -0.25) is 0 Å². The molecule has 2 unspecified atom stereocenters. The third kappa shape index (κ3) is 0.778. The highest BCUT2D eigenvalue weighted by Gasteiger charge is 2.23. The zero-order valence-corrected chi connectivity index (χ0v) is 4.36. The molecule has 0 radical (unpaired) electrons. The van der Waals surface area contributed by atoms with E-state index in [2.05, 4.69) is 10.3 Å². The number of hydrogen-bond acceptors (Lipinski definition) is 2. The average molecular weight is 120 g/mol. The van der Waals surface area contributed by atoms with Crippen LogP contribution in [0.15, 0.2) is 4.99 Å². The Labute approximate surface area is 45.6 Å². The number of amidine groups is 1. The first-order chi connectivity index (χ1) is 3.70. The highest BCUT2D eigenvalue weighted by atomic mass is 19.1. The van der Waals surface area contributed by atoms with Gasteiger partial charge in [0.05, 0.1) is 6.04 Å². The minimum atomic E-state index is -1.41. The van der Waals surface area contributed by atoms with Crippen molar-refractivity contribution < 1.29 is 8.78 Å². The third-order valence-electron chi connectivity index (χ3n) is 0.996. The van der Waals surface area contributed by atoms with Crippen molar-refractivity contribution in [2.24, 2.45) is 4.99 Å². The zero-order chi connectivity index (χ0) is 6.15. The SMILES string of the molecule is CC1NC(F)=NC1F. The van der Waals surface area contributed by atoms with Crippen LogP contribution in [0.3, 0.4) is 0 Å². The summed E-state index contributed by atoms with van der Waals surface area (Å²) in [7, 11) is 0. The minimum Gasteiger partial charge on any atom is -0.339 e. The maximum absolute atomic E-state index is 12.1. The van der Waals surface area contributed by atoms with Gasteiger partial charge in [0, 0.05) is 0 Å². The second kappa shape index (κ2) is 1.69. The number of hydrogen-bond donors (Lipinski definition) is 1. The van der Waals surface area contributed by atoms with Crippen molar-refractivity contribution in [1.82, 2.24) is 5.32 Å². The molecule has 0 aromatic carbocycles. The normalized spacial score (nSPS) is 36.6. The molecule has 8 heavy (non-hydrogen) atoms. The quantitative estimate of drug-likeness (QED) is 0.465.